The van der Waals surface area contributed by atoms with Gasteiger partial charge in [-0.25, -0.2) is 4.98 Å². The van der Waals surface area contributed by atoms with Crippen molar-refractivity contribution >= 4 is 5.82 Å². The predicted molar refractivity (Wildman–Crippen MR) is 60.5 cm³/mol. The van der Waals surface area contributed by atoms with E-state index in [-0.39, 0.29) is 0 Å². The Morgan fingerprint density at radius 1 is 1.29 bits per heavy atom. The molecule has 0 radical (unpaired) electrons. The van der Waals surface area contributed by atoms with Gasteiger partial charge in [-0.15, -0.1) is 0 Å². The molecule has 0 amide bonds. The number of rotatable bonds is 5. The molecular weight excluding hydrogens is 174 g/mol. The van der Waals surface area contributed by atoms with Gasteiger partial charge in [-0.2, -0.15) is 0 Å². The summed E-state index contributed by atoms with van der Waals surface area (Å²) in [5.74, 6) is 0.953. The normalized spacial score (nSPS) is 12.5. The molecule has 1 unspecified atom stereocenters. The highest BCUT2D eigenvalue weighted by atomic mass is 15.0. The molecule has 14 heavy (non-hydrogen) atoms. The van der Waals surface area contributed by atoms with E-state index in [1.54, 1.807) is 0 Å². The van der Waals surface area contributed by atoms with Gasteiger partial charge in [0.1, 0.15) is 5.82 Å². The molecule has 3 heteroatoms. The predicted octanol–water partition coefficient (Wildman–Crippen LogP) is 2.18. The fourth-order valence-corrected chi connectivity index (χ4v) is 1.38. The van der Waals surface area contributed by atoms with Crippen LogP contribution in [0.5, 0.6) is 0 Å². The van der Waals surface area contributed by atoms with Crippen LogP contribution in [-0.2, 0) is 0 Å². The lowest BCUT2D eigenvalue weighted by Gasteiger charge is -2.12. The van der Waals surface area contributed by atoms with Crippen LogP contribution in [0.15, 0.2) is 18.2 Å². The molecule has 1 atom stereocenters. The van der Waals surface area contributed by atoms with Crippen LogP contribution < -0.4 is 10.6 Å². The van der Waals surface area contributed by atoms with Crippen molar-refractivity contribution in [2.45, 2.75) is 26.8 Å². The van der Waals surface area contributed by atoms with Crippen LogP contribution in [0.3, 0.4) is 0 Å². The second-order valence-electron chi connectivity index (χ2n) is 3.26. The fourth-order valence-electron chi connectivity index (χ4n) is 1.38. The molecule has 1 rings (SSSR count). The highest BCUT2D eigenvalue weighted by molar-refractivity contribution is 5.35. The molecule has 0 aliphatic rings. The third-order valence-corrected chi connectivity index (χ3v) is 2.08. The van der Waals surface area contributed by atoms with Gasteiger partial charge in [0.05, 0.1) is 5.69 Å². The first kappa shape index (κ1) is 11.0. The van der Waals surface area contributed by atoms with Crippen LogP contribution in [-0.4, -0.2) is 18.1 Å². The van der Waals surface area contributed by atoms with Crippen LogP contribution in [0.2, 0.25) is 0 Å². The summed E-state index contributed by atoms with van der Waals surface area (Å²) in [6, 6.07) is 6.40. The van der Waals surface area contributed by atoms with Crippen molar-refractivity contribution in [2.24, 2.45) is 0 Å². The van der Waals surface area contributed by atoms with E-state index in [0.717, 1.165) is 24.6 Å². The van der Waals surface area contributed by atoms with Gasteiger partial charge in [-0.05, 0) is 32.5 Å². The van der Waals surface area contributed by atoms with E-state index >= 15 is 0 Å². The fraction of sp³-hybridized carbons (Fsp3) is 0.545. The lowest BCUT2D eigenvalue weighted by Crippen LogP contribution is -2.19. The summed E-state index contributed by atoms with van der Waals surface area (Å²) in [7, 11) is 0. The van der Waals surface area contributed by atoms with Crippen molar-refractivity contribution < 1.29 is 0 Å². The smallest absolute Gasteiger partial charge is 0.126 e. The number of nitrogens with one attached hydrogen (secondary N) is 2. The lowest BCUT2D eigenvalue weighted by molar-refractivity contribution is 0.584. The van der Waals surface area contributed by atoms with Gasteiger partial charge >= 0.3 is 0 Å². The van der Waals surface area contributed by atoms with Crippen molar-refractivity contribution in [1.82, 2.24) is 10.3 Å². The van der Waals surface area contributed by atoms with Crippen molar-refractivity contribution in [3.8, 4) is 0 Å². The highest BCUT2D eigenvalue weighted by Crippen LogP contribution is 2.11. The first-order valence-corrected chi connectivity index (χ1v) is 5.22. The van der Waals surface area contributed by atoms with Crippen molar-refractivity contribution in [2.75, 3.05) is 18.4 Å². The second kappa shape index (κ2) is 5.60. The van der Waals surface area contributed by atoms with Crippen LogP contribution >= 0.6 is 0 Å². The number of nitrogens with zero attached hydrogens (tertiary/aromatic N) is 1. The Morgan fingerprint density at radius 3 is 2.71 bits per heavy atom. The third-order valence-electron chi connectivity index (χ3n) is 2.08. The maximum atomic E-state index is 4.51. The van der Waals surface area contributed by atoms with E-state index in [4.69, 9.17) is 0 Å². The second-order valence-corrected chi connectivity index (χ2v) is 3.26. The molecule has 1 aromatic heterocycles. The first-order valence-electron chi connectivity index (χ1n) is 5.22. The highest BCUT2D eigenvalue weighted by Gasteiger charge is 2.04. The molecule has 1 aromatic rings. The van der Waals surface area contributed by atoms with Gasteiger partial charge in [-0.3, -0.25) is 0 Å². The van der Waals surface area contributed by atoms with Gasteiger partial charge < -0.3 is 10.6 Å². The van der Waals surface area contributed by atoms with E-state index in [0.29, 0.717) is 6.04 Å². The molecule has 2 N–H and O–H groups in total. The van der Waals surface area contributed by atoms with Crippen molar-refractivity contribution in [3.05, 3.63) is 23.9 Å². The van der Waals surface area contributed by atoms with Crippen molar-refractivity contribution in [3.63, 3.8) is 0 Å². The molecule has 0 spiro atoms. The Balaban J connectivity index is 2.71. The number of pyridine rings is 1. The van der Waals surface area contributed by atoms with E-state index < -0.39 is 0 Å². The summed E-state index contributed by atoms with van der Waals surface area (Å²) in [4.78, 5) is 4.51. The molecule has 0 aliphatic heterocycles. The molecular formula is C11H19N3. The molecule has 0 saturated carbocycles. The summed E-state index contributed by atoms with van der Waals surface area (Å²) in [6.45, 7) is 8.18. The average molecular weight is 193 g/mol. The van der Waals surface area contributed by atoms with Gasteiger partial charge in [0.2, 0.25) is 0 Å². The van der Waals surface area contributed by atoms with E-state index in [2.05, 4.69) is 36.4 Å². The summed E-state index contributed by atoms with van der Waals surface area (Å²) in [5, 5.41) is 6.55. The summed E-state index contributed by atoms with van der Waals surface area (Å²) >= 11 is 0. The Bertz CT molecular complexity index is 273. The monoisotopic (exact) mass is 193 g/mol. The minimum absolute atomic E-state index is 0.318. The molecule has 0 saturated heterocycles. The Labute approximate surface area is 85.9 Å². The summed E-state index contributed by atoms with van der Waals surface area (Å²) in [6.07, 6.45) is 0. The van der Waals surface area contributed by atoms with Crippen LogP contribution in [0.4, 0.5) is 5.82 Å². The summed E-state index contributed by atoms with van der Waals surface area (Å²) in [5.41, 5.74) is 1.09. The quantitative estimate of drug-likeness (QED) is 0.752. The van der Waals surface area contributed by atoms with Crippen molar-refractivity contribution in [1.29, 1.82) is 0 Å². The molecule has 0 aliphatic carbocycles. The zero-order valence-electron chi connectivity index (χ0n) is 9.17. The lowest BCUT2D eigenvalue weighted by atomic mass is 10.2. The van der Waals surface area contributed by atoms with Crippen LogP contribution in [0, 0.1) is 0 Å². The number of hydrogen-bond donors (Lipinski definition) is 2. The van der Waals surface area contributed by atoms with Crippen LogP contribution in [0.1, 0.15) is 32.5 Å². The third kappa shape index (κ3) is 3.00. The van der Waals surface area contributed by atoms with E-state index in [1.165, 1.54) is 0 Å². The largest absolute Gasteiger partial charge is 0.370 e. The van der Waals surface area contributed by atoms with E-state index in [9.17, 15) is 0 Å². The number of anilines is 1. The summed E-state index contributed by atoms with van der Waals surface area (Å²) < 4.78 is 0. The van der Waals surface area contributed by atoms with Crippen LogP contribution in [0.25, 0.3) is 0 Å². The van der Waals surface area contributed by atoms with Gasteiger partial charge in [0.15, 0.2) is 0 Å². The van der Waals surface area contributed by atoms with Gasteiger partial charge in [0, 0.05) is 12.6 Å². The van der Waals surface area contributed by atoms with E-state index in [1.807, 2.05) is 18.2 Å². The minimum Gasteiger partial charge on any atom is -0.370 e. The Hall–Kier alpha value is -1.09. The molecule has 78 valence electrons. The Kier molecular flexibility index (Phi) is 4.40. The maximum Gasteiger partial charge on any atom is 0.126 e. The molecule has 1 heterocycles. The number of aromatic nitrogens is 1. The average Bonchev–Trinajstić information content (AvgIpc) is 2.19. The maximum absolute atomic E-state index is 4.51. The standard InChI is InChI=1S/C11H19N3/c1-4-12-9(3)10-7-6-8-11(14-10)13-5-2/h6-9,12H,4-5H2,1-3H3,(H,13,14). The zero-order chi connectivity index (χ0) is 10.4. The molecule has 0 fully saturated rings. The van der Waals surface area contributed by atoms with Gasteiger partial charge in [-0.1, -0.05) is 13.0 Å². The topological polar surface area (TPSA) is 37.0 Å². The molecule has 3 nitrogen and oxygen atoms in total. The van der Waals surface area contributed by atoms with Gasteiger partial charge in [0.25, 0.3) is 0 Å². The number of hydrogen-bond acceptors (Lipinski definition) is 3. The molecule has 0 aromatic carbocycles. The first-order chi connectivity index (χ1) is 6.77. The molecule has 0 bridgehead atoms. The SMILES string of the molecule is CCNc1cccc(C(C)NCC)n1. The minimum atomic E-state index is 0.318. The Morgan fingerprint density at radius 2 is 2.07 bits per heavy atom. The zero-order valence-corrected chi connectivity index (χ0v) is 9.17.